The molecule has 1 amide bonds. The Morgan fingerprint density at radius 1 is 1.14 bits per heavy atom. The maximum Gasteiger partial charge on any atom is 0.273 e. The molecule has 0 unspecified atom stereocenters. The van der Waals surface area contributed by atoms with E-state index in [-0.39, 0.29) is 11.3 Å². The Labute approximate surface area is 170 Å². The quantitative estimate of drug-likeness (QED) is 0.266. The number of aromatic nitrogens is 2. The Kier molecular flexibility index (Phi) is 6.05. The summed E-state index contributed by atoms with van der Waals surface area (Å²) in [7, 11) is 0. The summed E-state index contributed by atoms with van der Waals surface area (Å²) in [5.41, 5.74) is 4.28. The molecule has 0 radical (unpaired) electrons. The summed E-state index contributed by atoms with van der Waals surface area (Å²) < 4.78 is 0.742. The molecule has 0 aliphatic rings. The molecule has 7 nitrogen and oxygen atoms in total. The Balaban J connectivity index is 1.66. The highest BCUT2D eigenvalue weighted by Gasteiger charge is 2.16. The molecule has 0 aliphatic carbocycles. The number of hydrogen-bond acceptors (Lipinski definition) is 7. The molecule has 1 N–H and O–H groups in total. The van der Waals surface area contributed by atoms with Gasteiger partial charge in [0, 0.05) is 22.9 Å². The van der Waals surface area contributed by atoms with Crippen molar-refractivity contribution in [3.05, 3.63) is 74.3 Å². The molecular weight excluding hydrogens is 396 g/mol. The monoisotopic (exact) mass is 414 g/mol. The van der Waals surface area contributed by atoms with Gasteiger partial charge in [0.1, 0.15) is 0 Å². The lowest BCUT2D eigenvalue weighted by molar-refractivity contribution is -0.385. The largest absolute Gasteiger partial charge is 0.296 e. The summed E-state index contributed by atoms with van der Waals surface area (Å²) in [6, 6.07) is 10.7. The number of carbonyl (C=O) groups excluding carboxylic acids is 1. The van der Waals surface area contributed by atoms with Gasteiger partial charge < -0.3 is 0 Å². The molecule has 9 heteroatoms. The number of carbonyl (C=O) groups is 1. The molecule has 0 atom stereocenters. The number of rotatable bonds is 6. The minimum absolute atomic E-state index is 0.0883. The molecule has 1 heterocycles. The predicted octanol–water partition coefficient (Wildman–Crippen LogP) is 4.92. The zero-order chi connectivity index (χ0) is 20.3. The van der Waals surface area contributed by atoms with Crippen LogP contribution in [-0.4, -0.2) is 21.0 Å². The molecular formula is C19H18N4O3S2. The maximum atomic E-state index is 12.4. The fraction of sp³-hybridized carbons (Fsp3) is 0.211. The van der Waals surface area contributed by atoms with Gasteiger partial charge in [-0.05, 0) is 38.0 Å². The second kappa shape index (κ2) is 8.49. The molecule has 0 saturated heterocycles. The summed E-state index contributed by atoms with van der Waals surface area (Å²) in [5.74, 6) is 0.311. The van der Waals surface area contributed by atoms with Crippen molar-refractivity contribution in [1.82, 2.24) is 10.2 Å². The van der Waals surface area contributed by atoms with Crippen LogP contribution in [0.1, 0.15) is 32.6 Å². The molecule has 0 fully saturated rings. The van der Waals surface area contributed by atoms with Crippen LogP contribution in [0.5, 0.6) is 0 Å². The van der Waals surface area contributed by atoms with Crippen LogP contribution in [0, 0.1) is 30.9 Å². The van der Waals surface area contributed by atoms with Crippen molar-refractivity contribution in [1.29, 1.82) is 0 Å². The van der Waals surface area contributed by atoms with Gasteiger partial charge in [0.15, 0.2) is 4.34 Å². The van der Waals surface area contributed by atoms with Crippen molar-refractivity contribution in [2.45, 2.75) is 30.9 Å². The van der Waals surface area contributed by atoms with Gasteiger partial charge >= 0.3 is 0 Å². The minimum atomic E-state index is -0.501. The van der Waals surface area contributed by atoms with E-state index >= 15 is 0 Å². The average Bonchev–Trinajstić information content (AvgIpc) is 3.09. The number of nitro benzene ring substituents is 1. The number of anilines is 1. The molecule has 144 valence electrons. The summed E-state index contributed by atoms with van der Waals surface area (Å²) in [5, 5.41) is 22.1. The first-order valence-electron chi connectivity index (χ1n) is 8.42. The molecule has 28 heavy (non-hydrogen) atoms. The molecule has 0 saturated carbocycles. The first-order chi connectivity index (χ1) is 13.3. The van der Waals surface area contributed by atoms with E-state index in [1.54, 1.807) is 30.8 Å². The zero-order valence-corrected chi connectivity index (χ0v) is 17.2. The van der Waals surface area contributed by atoms with Crippen molar-refractivity contribution in [2.24, 2.45) is 0 Å². The van der Waals surface area contributed by atoms with Crippen molar-refractivity contribution < 1.29 is 9.72 Å². The van der Waals surface area contributed by atoms with Crippen molar-refractivity contribution in [3.8, 4) is 0 Å². The Morgan fingerprint density at radius 2 is 1.89 bits per heavy atom. The van der Waals surface area contributed by atoms with E-state index in [1.807, 2.05) is 0 Å². The van der Waals surface area contributed by atoms with Crippen LogP contribution in [0.25, 0.3) is 0 Å². The van der Waals surface area contributed by atoms with Crippen molar-refractivity contribution in [3.63, 3.8) is 0 Å². The van der Waals surface area contributed by atoms with E-state index < -0.39 is 10.8 Å². The third kappa shape index (κ3) is 4.73. The average molecular weight is 415 g/mol. The Bertz CT molecular complexity index is 1050. The Hall–Kier alpha value is -2.78. The number of amides is 1. The number of nitrogens with one attached hydrogen (secondary N) is 1. The van der Waals surface area contributed by atoms with E-state index in [2.05, 4.69) is 47.6 Å². The highest BCUT2D eigenvalue weighted by atomic mass is 32.2. The van der Waals surface area contributed by atoms with E-state index in [0.29, 0.717) is 10.7 Å². The topological polar surface area (TPSA) is 98.0 Å². The highest BCUT2D eigenvalue weighted by Crippen LogP contribution is 2.30. The van der Waals surface area contributed by atoms with Crippen LogP contribution < -0.4 is 5.32 Å². The summed E-state index contributed by atoms with van der Waals surface area (Å²) in [6.07, 6.45) is 0. The molecule has 0 bridgehead atoms. The summed E-state index contributed by atoms with van der Waals surface area (Å²) in [4.78, 5) is 22.9. The van der Waals surface area contributed by atoms with Crippen LogP contribution in [0.15, 0.2) is 40.7 Å². The van der Waals surface area contributed by atoms with Crippen LogP contribution >= 0.6 is 23.1 Å². The standard InChI is InChI=1S/C19H18N4O3S2/c1-11-4-5-12(2)15(8-11)10-27-19-22-21-18(28-19)20-17(24)14-7-6-13(3)16(9-14)23(25)26/h4-9H,10H2,1-3H3,(H,20,21,24). The van der Waals surface area contributed by atoms with E-state index in [0.717, 1.165) is 10.1 Å². The fourth-order valence-electron chi connectivity index (χ4n) is 2.53. The summed E-state index contributed by atoms with van der Waals surface area (Å²) >= 11 is 2.83. The number of nitrogens with zero attached hydrogens (tertiary/aromatic N) is 3. The third-order valence-corrected chi connectivity index (χ3v) is 6.17. The molecule has 2 aromatic carbocycles. The maximum absolute atomic E-state index is 12.4. The lowest BCUT2D eigenvalue weighted by atomic mass is 10.1. The second-order valence-electron chi connectivity index (χ2n) is 6.30. The second-order valence-corrected chi connectivity index (χ2v) is 8.50. The van der Waals surface area contributed by atoms with E-state index in [1.165, 1.54) is 34.1 Å². The molecule has 1 aromatic heterocycles. The number of hydrogen-bond donors (Lipinski definition) is 1. The third-order valence-electron chi connectivity index (χ3n) is 4.15. The van der Waals surface area contributed by atoms with Gasteiger partial charge in [-0.2, -0.15) is 0 Å². The van der Waals surface area contributed by atoms with E-state index in [4.69, 9.17) is 0 Å². The van der Waals surface area contributed by atoms with Gasteiger partial charge in [0.05, 0.1) is 4.92 Å². The Morgan fingerprint density at radius 3 is 2.64 bits per heavy atom. The highest BCUT2D eigenvalue weighted by molar-refractivity contribution is 8.00. The van der Waals surface area contributed by atoms with Gasteiger partial charge in [-0.25, -0.2) is 0 Å². The smallest absolute Gasteiger partial charge is 0.273 e. The van der Waals surface area contributed by atoms with Gasteiger partial charge in [-0.15, -0.1) is 10.2 Å². The number of aryl methyl sites for hydroxylation is 3. The van der Waals surface area contributed by atoms with Gasteiger partial charge in [0.25, 0.3) is 11.6 Å². The number of benzene rings is 2. The van der Waals surface area contributed by atoms with Crippen molar-refractivity contribution in [2.75, 3.05) is 5.32 Å². The lowest BCUT2D eigenvalue weighted by Gasteiger charge is -2.05. The fourth-order valence-corrected chi connectivity index (χ4v) is 4.34. The molecule has 3 aromatic rings. The van der Waals surface area contributed by atoms with Gasteiger partial charge in [0.2, 0.25) is 5.13 Å². The number of thioether (sulfide) groups is 1. The van der Waals surface area contributed by atoms with Crippen LogP contribution in [-0.2, 0) is 5.75 Å². The first kappa shape index (κ1) is 20.0. The van der Waals surface area contributed by atoms with Crippen LogP contribution in [0.2, 0.25) is 0 Å². The molecule has 0 spiro atoms. The molecule has 3 rings (SSSR count). The lowest BCUT2D eigenvalue weighted by Crippen LogP contribution is -2.12. The van der Waals surface area contributed by atoms with Gasteiger partial charge in [-0.1, -0.05) is 52.9 Å². The van der Waals surface area contributed by atoms with Gasteiger partial charge in [-0.3, -0.25) is 20.2 Å². The first-order valence-corrected chi connectivity index (χ1v) is 10.2. The van der Waals surface area contributed by atoms with E-state index in [9.17, 15) is 14.9 Å². The normalized spacial score (nSPS) is 10.7. The SMILES string of the molecule is Cc1ccc(C)c(CSc2nnc(NC(=O)c3ccc(C)c([N+](=O)[O-])c3)s2)c1. The number of nitro groups is 1. The van der Waals surface area contributed by atoms with Crippen LogP contribution in [0.3, 0.4) is 0 Å². The summed E-state index contributed by atoms with van der Waals surface area (Å²) in [6.45, 7) is 5.76. The minimum Gasteiger partial charge on any atom is -0.296 e. The zero-order valence-electron chi connectivity index (χ0n) is 15.6. The van der Waals surface area contributed by atoms with Crippen molar-refractivity contribution >= 4 is 39.8 Å². The molecule has 0 aliphatic heterocycles. The predicted molar refractivity (Wildman–Crippen MR) is 111 cm³/mol. The van der Waals surface area contributed by atoms with Crippen LogP contribution in [0.4, 0.5) is 10.8 Å².